The third-order valence-corrected chi connectivity index (χ3v) is 6.50. The number of carbonyl (C=O) groups excluding carboxylic acids is 1. The highest BCUT2D eigenvalue weighted by atomic mass is 16.5. The molecular weight excluding hydrogens is 384 g/mol. The number of hydrogen-bond donors (Lipinski definition) is 2. The van der Waals surface area contributed by atoms with Crippen molar-refractivity contribution in [1.82, 2.24) is 10.2 Å². The van der Waals surface area contributed by atoms with Crippen molar-refractivity contribution in [2.24, 2.45) is 0 Å². The molecule has 1 spiro atoms. The average Bonchev–Trinajstić information content (AvgIpc) is 3.44. The predicted octanol–water partition coefficient (Wildman–Crippen LogP) is 1.87. The number of aliphatic hydroxyl groups is 1. The SMILES string of the molecule is O=C(NC[C@H]1CCC2(CCN(Cc3cccc(OCCO)c3)CC2)O1)[C@@H]1CCCO1. The molecule has 0 bridgehead atoms. The molecule has 7 nitrogen and oxygen atoms in total. The molecule has 0 saturated carbocycles. The summed E-state index contributed by atoms with van der Waals surface area (Å²) in [7, 11) is 0. The van der Waals surface area contributed by atoms with Crippen LogP contribution in [-0.4, -0.2) is 73.2 Å². The summed E-state index contributed by atoms with van der Waals surface area (Å²) in [6.45, 7) is 4.54. The molecule has 1 aromatic carbocycles. The van der Waals surface area contributed by atoms with E-state index < -0.39 is 0 Å². The standard InChI is InChI=1S/C23H34N2O5/c26-12-14-28-19-4-1-3-18(15-19)17-25-10-8-23(9-11-25)7-6-20(30-23)16-24-22(27)21-5-2-13-29-21/h1,3-4,15,20-21,26H,2,5-14,16-17H2,(H,24,27)/t20-,21+/m1/s1. The minimum Gasteiger partial charge on any atom is -0.491 e. The Hall–Kier alpha value is -1.67. The largest absolute Gasteiger partial charge is 0.491 e. The van der Waals surface area contributed by atoms with Crippen molar-refractivity contribution >= 4 is 5.91 Å². The topological polar surface area (TPSA) is 80.3 Å². The van der Waals surface area contributed by atoms with Crippen LogP contribution >= 0.6 is 0 Å². The molecule has 3 fully saturated rings. The quantitative estimate of drug-likeness (QED) is 0.671. The predicted molar refractivity (Wildman–Crippen MR) is 112 cm³/mol. The maximum absolute atomic E-state index is 12.1. The fraction of sp³-hybridized carbons (Fsp3) is 0.696. The van der Waals surface area contributed by atoms with Crippen LogP contribution in [0.2, 0.25) is 0 Å². The lowest BCUT2D eigenvalue weighted by molar-refractivity contribution is -0.131. The molecule has 0 radical (unpaired) electrons. The van der Waals surface area contributed by atoms with Crippen molar-refractivity contribution in [3.05, 3.63) is 29.8 Å². The molecule has 166 valence electrons. The highest BCUT2D eigenvalue weighted by molar-refractivity contribution is 5.80. The maximum Gasteiger partial charge on any atom is 0.249 e. The van der Waals surface area contributed by atoms with Crippen LogP contribution in [0.5, 0.6) is 5.75 Å². The molecule has 7 heteroatoms. The highest BCUT2D eigenvalue weighted by Gasteiger charge is 2.42. The van der Waals surface area contributed by atoms with Crippen LogP contribution in [0.4, 0.5) is 0 Å². The summed E-state index contributed by atoms with van der Waals surface area (Å²) in [6, 6.07) is 8.10. The Morgan fingerprint density at radius 3 is 2.90 bits per heavy atom. The normalized spacial score (nSPS) is 26.2. The third kappa shape index (κ3) is 5.52. The Kier molecular flexibility index (Phi) is 7.25. The van der Waals surface area contributed by atoms with Crippen molar-refractivity contribution < 1.29 is 24.1 Å². The minimum absolute atomic E-state index is 0.0112. The van der Waals surface area contributed by atoms with Gasteiger partial charge in [0, 0.05) is 32.8 Å². The Balaban J connectivity index is 1.20. The fourth-order valence-corrected chi connectivity index (χ4v) is 4.79. The summed E-state index contributed by atoms with van der Waals surface area (Å²) >= 11 is 0. The summed E-state index contributed by atoms with van der Waals surface area (Å²) < 4.78 is 17.4. The number of likely N-dealkylation sites (tertiary alicyclic amines) is 1. The Morgan fingerprint density at radius 1 is 1.27 bits per heavy atom. The van der Waals surface area contributed by atoms with E-state index in [0.29, 0.717) is 19.8 Å². The Labute approximate surface area is 178 Å². The van der Waals surface area contributed by atoms with Gasteiger partial charge in [-0.15, -0.1) is 0 Å². The molecule has 1 aromatic rings. The third-order valence-electron chi connectivity index (χ3n) is 6.50. The summed E-state index contributed by atoms with van der Waals surface area (Å²) in [5.74, 6) is 0.819. The van der Waals surface area contributed by atoms with E-state index in [0.717, 1.165) is 63.9 Å². The van der Waals surface area contributed by atoms with E-state index in [9.17, 15) is 4.79 Å². The van der Waals surface area contributed by atoms with E-state index >= 15 is 0 Å². The number of aliphatic hydroxyl groups excluding tert-OH is 1. The molecule has 3 saturated heterocycles. The maximum atomic E-state index is 12.1. The van der Waals surface area contributed by atoms with Gasteiger partial charge in [-0.25, -0.2) is 0 Å². The van der Waals surface area contributed by atoms with E-state index in [-0.39, 0.29) is 30.3 Å². The van der Waals surface area contributed by atoms with E-state index in [1.54, 1.807) is 0 Å². The minimum atomic E-state index is -0.267. The second kappa shape index (κ2) is 10.1. The van der Waals surface area contributed by atoms with Gasteiger partial charge in [0.2, 0.25) is 5.91 Å². The number of carbonyl (C=O) groups is 1. The number of ether oxygens (including phenoxy) is 3. The van der Waals surface area contributed by atoms with Crippen molar-refractivity contribution in [2.45, 2.75) is 62.9 Å². The average molecular weight is 419 g/mol. The van der Waals surface area contributed by atoms with Crippen molar-refractivity contribution in [3.8, 4) is 5.75 Å². The Morgan fingerprint density at radius 2 is 2.13 bits per heavy atom. The number of nitrogens with zero attached hydrogens (tertiary/aromatic N) is 1. The molecule has 0 unspecified atom stereocenters. The first-order valence-corrected chi connectivity index (χ1v) is 11.3. The molecule has 3 aliphatic rings. The van der Waals surface area contributed by atoms with Gasteiger partial charge in [-0.3, -0.25) is 9.69 Å². The van der Waals surface area contributed by atoms with Gasteiger partial charge in [0.25, 0.3) is 0 Å². The van der Waals surface area contributed by atoms with Crippen LogP contribution in [-0.2, 0) is 20.8 Å². The first-order chi connectivity index (χ1) is 14.7. The van der Waals surface area contributed by atoms with Crippen LogP contribution in [0.15, 0.2) is 24.3 Å². The van der Waals surface area contributed by atoms with Gasteiger partial charge in [0.15, 0.2) is 0 Å². The Bertz CT molecular complexity index is 699. The van der Waals surface area contributed by atoms with Gasteiger partial charge < -0.3 is 24.6 Å². The summed E-state index contributed by atoms with van der Waals surface area (Å²) in [5.41, 5.74) is 1.20. The first-order valence-electron chi connectivity index (χ1n) is 11.3. The molecule has 1 amide bonds. The molecule has 3 aliphatic heterocycles. The molecule has 0 aromatic heterocycles. The lowest BCUT2D eigenvalue weighted by Gasteiger charge is -2.39. The number of amides is 1. The second-order valence-electron chi connectivity index (χ2n) is 8.70. The highest BCUT2D eigenvalue weighted by Crippen LogP contribution is 2.39. The second-order valence-corrected chi connectivity index (χ2v) is 8.70. The van der Waals surface area contributed by atoms with Crippen LogP contribution in [0, 0.1) is 0 Å². The van der Waals surface area contributed by atoms with Gasteiger partial charge >= 0.3 is 0 Å². The molecule has 2 N–H and O–H groups in total. The summed E-state index contributed by atoms with van der Waals surface area (Å²) in [6.07, 6.45) is 5.79. The van der Waals surface area contributed by atoms with Crippen molar-refractivity contribution in [1.29, 1.82) is 0 Å². The number of nitrogens with one attached hydrogen (secondary N) is 1. The monoisotopic (exact) mass is 418 g/mol. The summed E-state index contributed by atoms with van der Waals surface area (Å²) in [5, 5.41) is 11.9. The molecule has 4 rings (SSSR count). The zero-order valence-corrected chi connectivity index (χ0v) is 17.7. The van der Waals surface area contributed by atoms with E-state index in [1.807, 2.05) is 12.1 Å². The fourth-order valence-electron chi connectivity index (χ4n) is 4.79. The first kappa shape index (κ1) is 21.6. The zero-order valence-electron chi connectivity index (χ0n) is 17.7. The van der Waals surface area contributed by atoms with Crippen LogP contribution in [0.1, 0.15) is 44.1 Å². The van der Waals surface area contributed by atoms with Gasteiger partial charge in [-0.05, 0) is 56.2 Å². The lowest BCUT2D eigenvalue weighted by atomic mass is 9.88. The number of benzene rings is 1. The van der Waals surface area contributed by atoms with Crippen LogP contribution < -0.4 is 10.1 Å². The number of hydrogen-bond acceptors (Lipinski definition) is 6. The molecule has 3 heterocycles. The van der Waals surface area contributed by atoms with Gasteiger partial charge in [-0.1, -0.05) is 12.1 Å². The summed E-state index contributed by atoms with van der Waals surface area (Å²) in [4.78, 5) is 14.6. The van der Waals surface area contributed by atoms with Crippen molar-refractivity contribution in [2.75, 3.05) is 39.5 Å². The zero-order chi connectivity index (χ0) is 20.8. The van der Waals surface area contributed by atoms with Crippen LogP contribution in [0.25, 0.3) is 0 Å². The van der Waals surface area contributed by atoms with E-state index in [2.05, 4.69) is 22.3 Å². The van der Waals surface area contributed by atoms with Gasteiger partial charge in [0.1, 0.15) is 18.5 Å². The van der Waals surface area contributed by atoms with Gasteiger partial charge in [0.05, 0.1) is 18.3 Å². The molecule has 30 heavy (non-hydrogen) atoms. The molecule has 2 atom stereocenters. The smallest absolute Gasteiger partial charge is 0.249 e. The van der Waals surface area contributed by atoms with Crippen molar-refractivity contribution in [3.63, 3.8) is 0 Å². The van der Waals surface area contributed by atoms with E-state index in [1.165, 1.54) is 5.56 Å². The van der Waals surface area contributed by atoms with Crippen LogP contribution in [0.3, 0.4) is 0 Å². The number of piperidine rings is 1. The van der Waals surface area contributed by atoms with Gasteiger partial charge in [-0.2, -0.15) is 0 Å². The molecule has 0 aliphatic carbocycles. The lowest BCUT2D eigenvalue weighted by Crippen LogP contribution is -2.45. The molecular formula is C23H34N2O5. The number of rotatable bonds is 8. The van der Waals surface area contributed by atoms with E-state index in [4.69, 9.17) is 19.3 Å².